The first-order chi connectivity index (χ1) is 8.45. The molecular formula is C15H29NO. The average Bonchev–Trinajstić information content (AvgIpc) is 2.72. The molecule has 17 heavy (non-hydrogen) atoms. The van der Waals surface area contributed by atoms with Crippen molar-refractivity contribution in [2.24, 2.45) is 5.92 Å². The lowest BCUT2D eigenvalue weighted by Gasteiger charge is -2.16. The molecule has 2 nitrogen and oxygen atoms in total. The topological polar surface area (TPSA) is 21.3 Å². The summed E-state index contributed by atoms with van der Waals surface area (Å²) in [5.74, 6) is 0.952. The van der Waals surface area contributed by atoms with E-state index in [1.807, 2.05) is 0 Å². The minimum atomic E-state index is 0.561. The summed E-state index contributed by atoms with van der Waals surface area (Å²) in [6, 6.07) is 0. The van der Waals surface area contributed by atoms with Gasteiger partial charge in [0, 0.05) is 6.54 Å². The van der Waals surface area contributed by atoms with Gasteiger partial charge in [0.2, 0.25) is 0 Å². The summed E-state index contributed by atoms with van der Waals surface area (Å²) in [6.07, 6.45) is 14.5. The number of hydrogen-bond acceptors (Lipinski definition) is 2. The van der Waals surface area contributed by atoms with Gasteiger partial charge in [-0.3, -0.25) is 0 Å². The lowest BCUT2D eigenvalue weighted by Crippen LogP contribution is -2.27. The smallest absolute Gasteiger partial charge is 0.0594 e. The zero-order valence-electron chi connectivity index (χ0n) is 11.3. The molecule has 100 valence electrons. The fourth-order valence-corrected chi connectivity index (χ4v) is 3.23. The zero-order chi connectivity index (χ0) is 11.8. The Hall–Kier alpha value is -0.0800. The molecule has 0 spiro atoms. The normalized spacial score (nSPS) is 24.0. The van der Waals surface area contributed by atoms with Gasteiger partial charge in [-0.15, -0.1) is 0 Å². The third-order valence-electron chi connectivity index (χ3n) is 4.34. The van der Waals surface area contributed by atoms with Crippen molar-refractivity contribution in [3.05, 3.63) is 0 Å². The number of rotatable bonds is 6. The Balaban J connectivity index is 1.44. The van der Waals surface area contributed by atoms with Gasteiger partial charge in [0.15, 0.2) is 0 Å². The molecule has 0 aromatic carbocycles. The van der Waals surface area contributed by atoms with Crippen molar-refractivity contribution in [3.63, 3.8) is 0 Å². The highest BCUT2D eigenvalue weighted by atomic mass is 16.5. The maximum absolute atomic E-state index is 5.97. The molecule has 2 aliphatic rings. The highest BCUT2D eigenvalue weighted by molar-refractivity contribution is 4.69. The highest BCUT2D eigenvalue weighted by Crippen LogP contribution is 2.23. The monoisotopic (exact) mass is 239 g/mol. The SMILES string of the molecule is C1CCCC(OCCNCC2CCCC2)CC1. The van der Waals surface area contributed by atoms with E-state index in [0.29, 0.717) is 6.10 Å². The fourth-order valence-electron chi connectivity index (χ4n) is 3.23. The molecule has 2 saturated carbocycles. The Morgan fingerprint density at radius 3 is 2.18 bits per heavy atom. The molecule has 2 aliphatic carbocycles. The molecule has 0 aromatic rings. The number of hydrogen-bond donors (Lipinski definition) is 1. The van der Waals surface area contributed by atoms with E-state index in [2.05, 4.69) is 5.32 Å². The second-order valence-corrected chi connectivity index (χ2v) is 5.84. The Morgan fingerprint density at radius 2 is 1.47 bits per heavy atom. The number of ether oxygens (including phenoxy) is 1. The van der Waals surface area contributed by atoms with Crippen molar-refractivity contribution < 1.29 is 4.74 Å². The maximum Gasteiger partial charge on any atom is 0.0594 e. The highest BCUT2D eigenvalue weighted by Gasteiger charge is 2.14. The van der Waals surface area contributed by atoms with Gasteiger partial charge in [0.25, 0.3) is 0 Å². The van der Waals surface area contributed by atoms with Gasteiger partial charge in [-0.05, 0) is 38.1 Å². The summed E-state index contributed by atoms with van der Waals surface area (Å²) in [5.41, 5.74) is 0. The van der Waals surface area contributed by atoms with Gasteiger partial charge in [-0.1, -0.05) is 38.5 Å². The standard InChI is InChI=1S/C15H29NO/c1-2-4-10-15(9-3-1)17-12-11-16-13-14-7-5-6-8-14/h14-16H,1-13H2. The molecule has 2 rings (SSSR count). The predicted molar refractivity (Wildman–Crippen MR) is 72.3 cm³/mol. The first-order valence-corrected chi connectivity index (χ1v) is 7.77. The van der Waals surface area contributed by atoms with E-state index in [-0.39, 0.29) is 0 Å². The van der Waals surface area contributed by atoms with Crippen molar-refractivity contribution in [2.45, 2.75) is 70.3 Å². The molecule has 0 radical (unpaired) electrons. The predicted octanol–water partition coefficient (Wildman–Crippen LogP) is 3.51. The molecule has 0 amide bonds. The molecule has 0 heterocycles. The molecule has 1 N–H and O–H groups in total. The van der Waals surface area contributed by atoms with Gasteiger partial charge in [-0.2, -0.15) is 0 Å². The number of nitrogens with one attached hydrogen (secondary N) is 1. The van der Waals surface area contributed by atoms with E-state index < -0.39 is 0 Å². The van der Waals surface area contributed by atoms with Gasteiger partial charge < -0.3 is 10.1 Å². The molecule has 0 aromatic heterocycles. The van der Waals surface area contributed by atoms with Crippen LogP contribution in [0.25, 0.3) is 0 Å². The van der Waals surface area contributed by atoms with Crippen molar-refractivity contribution in [1.29, 1.82) is 0 Å². The minimum Gasteiger partial charge on any atom is -0.377 e. The Morgan fingerprint density at radius 1 is 0.824 bits per heavy atom. The van der Waals surface area contributed by atoms with Crippen LogP contribution in [0.1, 0.15) is 64.2 Å². The van der Waals surface area contributed by atoms with Crippen molar-refractivity contribution in [2.75, 3.05) is 19.7 Å². The first-order valence-electron chi connectivity index (χ1n) is 7.77. The summed E-state index contributed by atoms with van der Waals surface area (Å²) in [6.45, 7) is 3.18. The third kappa shape index (κ3) is 5.39. The summed E-state index contributed by atoms with van der Waals surface area (Å²) >= 11 is 0. The second-order valence-electron chi connectivity index (χ2n) is 5.84. The van der Waals surface area contributed by atoms with Crippen LogP contribution in [0.3, 0.4) is 0 Å². The fraction of sp³-hybridized carbons (Fsp3) is 1.00. The Kier molecular flexibility index (Phi) is 6.36. The zero-order valence-corrected chi connectivity index (χ0v) is 11.3. The van der Waals surface area contributed by atoms with Gasteiger partial charge in [0.1, 0.15) is 0 Å². The molecule has 2 fully saturated rings. The van der Waals surface area contributed by atoms with Crippen LogP contribution in [0.4, 0.5) is 0 Å². The third-order valence-corrected chi connectivity index (χ3v) is 4.34. The van der Waals surface area contributed by atoms with Crippen molar-refractivity contribution in [3.8, 4) is 0 Å². The summed E-state index contributed by atoms with van der Waals surface area (Å²) in [4.78, 5) is 0. The summed E-state index contributed by atoms with van der Waals surface area (Å²) < 4.78 is 5.97. The van der Waals surface area contributed by atoms with E-state index >= 15 is 0 Å². The molecule has 0 bridgehead atoms. The van der Waals surface area contributed by atoms with Crippen LogP contribution in [-0.2, 0) is 4.74 Å². The van der Waals surface area contributed by atoms with E-state index in [9.17, 15) is 0 Å². The van der Waals surface area contributed by atoms with Crippen LogP contribution in [-0.4, -0.2) is 25.8 Å². The van der Waals surface area contributed by atoms with Crippen LogP contribution in [0, 0.1) is 5.92 Å². The van der Waals surface area contributed by atoms with Crippen molar-refractivity contribution in [1.82, 2.24) is 5.32 Å². The van der Waals surface area contributed by atoms with E-state index in [1.165, 1.54) is 70.8 Å². The second kappa shape index (κ2) is 8.10. The van der Waals surface area contributed by atoms with Gasteiger partial charge >= 0.3 is 0 Å². The molecule has 0 atom stereocenters. The van der Waals surface area contributed by atoms with Crippen LogP contribution in [0.15, 0.2) is 0 Å². The molecule has 0 unspecified atom stereocenters. The lowest BCUT2D eigenvalue weighted by atomic mass is 10.1. The van der Waals surface area contributed by atoms with E-state index in [1.54, 1.807) is 0 Å². The van der Waals surface area contributed by atoms with Gasteiger partial charge in [0.05, 0.1) is 12.7 Å². The van der Waals surface area contributed by atoms with E-state index in [0.717, 1.165) is 19.1 Å². The summed E-state index contributed by atoms with van der Waals surface area (Å²) in [5, 5.41) is 3.56. The Labute approximate surface area is 107 Å². The quantitative estimate of drug-likeness (QED) is 0.566. The summed E-state index contributed by atoms with van der Waals surface area (Å²) in [7, 11) is 0. The van der Waals surface area contributed by atoms with Crippen LogP contribution < -0.4 is 5.32 Å². The van der Waals surface area contributed by atoms with Crippen LogP contribution in [0.5, 0.6) is 0 Å². The van der Waals surface area contributed by atoms with Crippen LogP contribution >= 0.6 is 0 Å². The molecule has 0 saturated heterocycles. The van der Waals surface area contributed by atoms with Gasteiger partial charge in [-0.25, -0.2) is 0 Å². The molecular weight excluding hydrogens is 210 g/mol. The maximum atomic E-state index is 5.97. The van der Waals surface area contributed by atoms with Crippen LogP contribution in [0.2, 0.25) is 0 Å². The molecule has 0 aliphatic heterocycles. The largest absolute Gasteiger partial charge is 0.377 e. The van der Waals surface area contributed by atoms with Crippen molar-refractivity contribution >= 4 is 0 Å². The lowest BCUT2D eigenvalue weighted by molar-refractivity contribution is 0.0449. The minimum absolute atomic E-state index is 0.561. The average molecular weight is 239 g/mol. The first kappa shape index (κ1) is 13.4. The van der Waals surface area contributed by atoms with E-state index in [4.69, 9.17) is 4.74 Å². The Bertz CT molecular complexity index is 181. The molecule has 2 heteroatoms.